The van der Waals surface area contributed by atoms with Crippen molar-refractivity contribution in [3.8, 4) is 0 Å². The highest BCUT2D eigenvalue weighted by Crippen LogP contribution is 2.59. The molecule has 34 heavy (non-hydrogen) atoms. The van der Waals surface area contributed by atoms with Crippen LogP contribution in [0.4, 0.5) is 13.2 Å². The van der Waals surface area contributed by atoms with Gasteiger partial charge in [-0.15, -0.1) is 13.2 Å². The van der Waals surface area contributed by atoms with Crippen molar-refractivity contribution in [3.63, 3.8) is 0 Å². The van der Waals surface area contributed by atoms with Crippen molar-refractivity contribution in [2.24, 2.45) is 23.2 Å². The minimum absolute atomic E-state index is 0.212. The Morgan fingerprint density at radius 2 is 1.88 bits per heavy atom. The molecule has 192 valence electrons. The Morgan fingerprint density at radius 3 is 2.56 bits per heavy atom. The van der Waals surface area contributed by atoms with Gasteiger partial charge < -0.3 is 15.1 Å². The van der Waals surface area contributed by atoms with Crippen molar-refractivity contribution in [2.45, 2.75) is 89.9 Å². The smallest absolute Gasteiger partial charge is 0.388 e. The number of hydrogen-bond acceptors (Lipinski definition) is 4. The van der Waals surface area contributed by atoms with Gasteiger partial charge in [0.25, 0.3) is 0 Å². The molecule has 2 N–H and O–H groups in total. The molecule has 0 radical (unpaired) electrons. The molecule has 4 rings (SSSR count). The number of ether oxygens (including phenoxy) is 1. The van der Waals surface area contributed by atoms with Crippen molar-refractivity contribution in [1.29, 1.82) is 0 Å². The van der Waals surface area contributed by atoms with Gasteiger partial charge in [-0.1, -0.05) is 43.7 Å². The summed E-state index contributed by atoms with van der Waals surface area (Å²) in [6.07, 6.45) is 4.97. The molecule has 3 aliphatic carbocycles. The molecule has 4 aliphatic rings. The van der Waals surface area contributed by atoms with Gasteiger partial charge in [-0.2, -0.15) is 0 Å². The van der Waals surface area contributed by atoms with E-state index in [1.165, 1.54) is 12.0 Å². The zero-order valence-electron chi connectivity index (χ0n) is 20.5. The maximum atomic E-state index is 12.6. The van der Waals surface area contributed by atoms with E-state index in [1.54, 1.807) is 0 Å². The third-order valence-electron chi connectivity index (χ3n) is 9.10. The molecule has 4 fully saturated rings. The average molecular weight is 484 g/mol. The molecule has 0 spiro atoms. The summed E-state index contributed by atoms with van der Waals surface area (Å²) in [6, 6.07) is 0. The summed E-state index contributed by atoms with van der Waals surface area (Å²) in [7, 11) is 0. The first-order chi connectivity index (χ1) is 16.0. The topological polar surface area (TPSA) is 52.9 Å². The van der Waals surface area contributed by atoms with Crippen molar-refractivity contribution in [3.05, 3.63) is 35.5 Å². The van der Waals surface area contributed by atoms with Crippen LogP contribution in [0.2, 0.25) is 0 Å². The number of halogens is 3. The van der Waals surface area contributed by atoms with Crippen molar-refractivity contribution < 1.29 is 28.1 Å². The number of alkyl halides is 3. The van der Waals surface area contributed by atoms with Gasteiger partial charge >= 0.3 is 6.36 Å². The monoisotopic (exact) mass is 483 g/mol. The summed E-state index contributed by atoms with van der Waals surface area (Å²) < 4.78 is 42.0. The van der Waals surface area contributed by atoms with E-state index in [2.05, 4.69) is 42.2 Å². The molecule has 1 aliphatic heterocycles. The molecule has 7 atom stereocenters. The Hall–Kier alpha value is -1.15. The molecular formula is C27H40F3NO3. The highest BCUT2D eigenvalue weighted by molar-refractivity contribution is 5.29. The Bertz CT molecular complexity index is 806. The van der Waals surface area contributed by atoms with Gasteiger partial charge in [-0.25, -0.2) is 0 Å². The SMILES string of the molecule is C=C1[C@H](O)CC(=CC=C2CCC[C@]3(C)[C@@H](C(C)CN4CCC(OC(F)(F)F)C4)CC[C@@H]23)C[C@@H]1O. The lowest BCUT2D eigenvalue weighted by Crippen LogP contribution is -2.39. The predicted octanol–water partition coefficient (Wildman–Crippen LogP) is 5.37. The van der Waals surface area contributed by atoms with Crippen LogP contribution in [0.1, 0.15) is 65.2 Å². The molecule has 7 heteroatoms. The third kappa shape index (κ3) is 5.63. The van der Waals surface area contributed by atoms with Crippen molar-refractivity contribution >= 4 is 0 Å². The van der Waals surface area contributed by atoms with Crippen LogP contribution in [-0.4, -0.2) is 59.4 Å². The first-order valence-corrected chi connectivity index (χ1v) is 12.9. The van der Waals surface area contributed by atoms with Crippen LogP contribution in [0.15, 0.2) is 35.5 Å². The summed E-state index contributed by atoms with van der Waals surface area (Å²) in [6.45, 7) is 10.3. The van der Waals surface area contributed by atoms with E-state index in [0.717, 1.165) is 37.8 Å². The van der Waals surface area contributed by atoms with Crippen LogP contribution in [0, 0.1) is 23.2 Å². The molecule has 0 aromatic rings. The number of nitrogens with zero attached hydrogens (tertiary/aromatic N) is 1. The van der Waals surface area contributed by atoms with Gasteiger partial charge in [-0.05, 0) is 80.1 Å². The molecule has 4 nitrogen and oxygen atoms in total. The maximum Gasteiger partial charge on any atom is 0.522 e. The Labute approximate surface area is 201 Å². The zero-order chi connectivity index (χ0) is 24.7. The first-order valence-electron chi connectivity index (χ1n) is 12.9. The quantitative estimate of drug-likeness (QED) is 0.516. The molecular weight excluding hydrogens is 443 g/mol. The highest BCUT2D eigenvalue weighted by Gasteiger charge is 2.51. The van der Waals surface area contributed by atoms with Crippen LogP contribution in [0.5, 0.6) is 0 Å². The first kappa shape index (κ1) is 25.9. The second kappa shape index (κ2) is 10.1. The van der Waals surface area contributed by atoms with Gasteiger partial charge in [0.1, 0.15) is 0 Å². The van der Waals surface area contributed by atoms with E-state index in [-0.39, 0.29) is 5.41 Å². The summed E-state index contributed by atoms with van der Waals surface area (Å²) in [4.78, 5) is 2.15. The van der Waals surface area contributed by atoms with Gasteiger partial charge in [0.2, 0.25) is 0 Å². The third-order valence-corrected chi connectivity index (χ3v) is 9.10. The molecule has 1 saturated heterocycles. The maximum absolute atomic E-state index is 12.6. The number of fused-ring (bicyclic) bond motifs is 1. The van der Waals surface area contributed by atoms with Crippen LogP contribution in [0.25, 0.3) is 0 Å². The standard InChI is InChI=1S/C27H40F3NO3/c1-17(15-31-12-10-21(16-31)34-27(28,29)30)22-8-9-23-20(5-4-11-26(22,23)3)7-6-19-13-24(32)18(2)25(33)14-19/h6-7,17,21-25,32-33H,2,4-5,8-16H2,1,3H3/t17?,21?,22-,23+,24-,25+,26-/m1/s1. The van der Waals surface area contributed by atoms with Gasteiger partial charge in [0, 0.05) is 19.6 Å². The number of likely N-dealkylation sites (tertiary alicyclic amines) is 1. The fraction of sp³-hybridized carbons (Fsp3) is 0.778. The number of aliphatic hydroxyl groups excluding tert-OH is 2. The lowest BCUT2D eigenvalue weighted by atomic mass is 9.61. The number of aliphatic hydroxyl groups is 2. The molecule has 0 aromatic carbocycles. The fourth-order valence-corrected chi connectivity index (χ4v) is 7.42. The Morgan fingerprint density at radius 1 is 1.18 bits per heavy atom. The van der Waals surface area contributed by atoms with Crippen molar-refractivity contribution in [2.75, 3.05) is 19.6 Å². The Kier molecular flexibility index (Phi) is 7.68. The van der Waals surface area contributed by atoms with Gasteiger partial charge in [0.15, 0.2) is 0 Å². The second-order valence-electron chi connectivity index (χ2n) is 11.4. The van der Waals surface area contributed by atoms with E-state index in [9.17, 15) is 23.4 Å². The number of hydrogen-bond donors (Lipinski definition) is 2. The fourth-order valence-electron chi connectivity index (χ4n) is 7.42. The van der Waals surface area contributed by atoms with E-state index in [4.69, 9.17) is 0 Å². The predicted molar refractivity (Wildman–Crippen MR) is 126 cm³/mol. The molecule has 2 unspecified atom stereocenters. The summed E-state index contributed by atoms with van der Waals surface area (Å²) in [5, 5.41) is 20.3. The second-order valence-corrected chi connectivity index (χ2v) is 11.4. The van der Waals surface area contributed by atoms with Crippen LogP contribution in [0.3, 0.4) is 0 Å². The van der Waals surface area contributed by atoms with Crippen molar-refractivity contribution in [1.82, 2.24) is 4.90 Å². The van der Waals surface area contributed by atoms with Crippen LogP contribution >= 0.6 is 0 Å². The molecule has 3 saturated carbocycles. The van der Waals surface area contributed by atoms with Gasteiger partial charge in [0.05, 0.1) is 18.3 Å². The summed E-state index contributed by atoms with van der Waals surface area (Å²) in [5.41, 5.74) is 3.27. The molecule has 0 amide bonds. The zero-order valence-corrected chi connectivity index (χ0v) is 20.5. The normalized spacial score (nSPS) is 40.8. The molecule has 1 heterocycles. The van der Waals surface area contributed by atoms with E-state index in [1.807, 2.05) is 0 Å². The minimum atomic E-state index is -4.56. The number of allylic oxidation sites excluding steroid dienone is 3. The minimum Gasteiger partial charge on any atom is -0.388 e. The lowest BCUT2D eigenvalue weighted by Gasteiger charge is -2.45. The van der Waals surface area contributed by atoms with E-state index in [0.29, 0.717) is 55.7 Å². The average Bonchev–Trinajstić information content (AvgIpc) is 3.32. The highest BCUT2D eigenvalue weighted by atomic mass is 19.4. The van der Waals surface area contributed by atoms with E-state index < -0.39 is 24.7 Å². The summed E-state index contributed by atoms with van der Waals surface area (Å²) >= 11 is 0. The Balaban J connectivity index is 1.39. The van der Waals surface area contributed by atoms with Crippen LogP contribution in [-0.2, 0) is 4.74 Å². The van der Waals surface area contributed by atoms with E-state index >= 15 is 0 Å². The largest absolute Gasteiger partial charge is 0.522 e. The molecule has 0 bridgehead atoms. The molecule has 0 aromatic heterocycles. The number of rotatable bonds is 5. The lowest BCUT2D eigenvalue weighted by molar-refractivity contribution is -0.340. The van der Waals surface area contributed by atoms with Gasteiger partial charge in [-0.3, -0.25) is 4.74 Å². The van der Waals surface area contributed by atoms with Crippen LogP contribution < -0.4 is 0 Å². The summed E-state index contributed by atoms with van der Waals surface area (Å²) in [5.74, 6) is 1.50.